The van der Waals surface area contributed by atoms with Crippen molar-refractivity contribution in [2.24, 2.45) is 5.41 Å². The lowest BCUT2D eigenvalue weighted by Gasteiger charge is -2.39. The van der Waals surface area contributed by atoms with Gasteiger partial charge in [0.25, 0.3) is 5.91 Å². The third-order valence-corrected chi connectivity index (χ3v) is 5.85. The summed E-state index contributed by atoms with van der Waals surface area (Å²) in [4.78, 5) is 25.9. The van der Waals surface area contributed by atoms with Crippen molar-refractivity contribution in [1.82, 2.24) is 9.62 Å². The lowest BCUT2D eigenvalue weighted by Crippen LogP contribution is -2.52. The number of aliphatic carboxylic acids is 1. The first-order valence-electron chi connectivity index (χ1n) is 7.81. The molecular formula is C16H22N2O6S. The van der Waals surface area contributed by atoms with E-state index in [2.05, 4.69) is 4.72 Å². The molecule has 0 aromatic heterocycles. The summed E-state index contributed by atoms with van der Waals surface area (Å²) >= 11 is 0. The van der Waals surface area contributed by atoms with Crippen LogP contribution in [0.5, 0.6) is 0 Å². The van der Waals surface area contributed by atoms with E-state index in [0.717, 1.165) is 0 Å². The number of carbonyl (C=O) groups excluding carboxylic acids is 1. The summed E-state index contributed by atoms with van der Waals surface area (Å²) in [5.41, 5.74) is -0.799. The molecule has 1 unspecified atom stereocenters. The Morgan fingerprint density at radius 3 is 2.48 bits per heavy atom. The third-order valence-electron chi connectivity index (χ3n) is 4.42. The van der Waals surface area contributed by atoms with Gasteiger partial charge in [-0.3, -0.25) is 9.59 Å². The number of rotatable bonds is 6. The Morgan fingerprint density at radius 1 is 1.32 bits per heavy atom. The van der Waals surface area contributed by atoms with Crippen LogP contribution in [0.3, 0.4) is 0 Å². The van der Waals surface area contributed by atoms with Gasteiger partial charge in [0, 0.05) is 25.8 Å². The Morgan fingerprint density at radius 2 is 1.96 bits per heavy atom. The average Bonchev–Trinajstić information content (AvgIpc) is 2.61. The van der Waals surface area contributed by atoms with Gasteiger partial charge < -0.3 is 14.7 Å². The SMILES string of the molecule is CNS(=O)(=O)c1ccc(C(=O)N2CCCC(COC)(C(=O)O)C2)cc1. The van der Waals surface area contributed by atoms with Crippen LogP contribution in [0.25, 0.3) is 0 Å². The largest absolute Gasteiger partial charge is 0.481 e. The highest BCUT2D eigenvalue weighted by Gasteiger charge is 2.44. The van der Waals surface area contributed by atoms with Crippen molar-refractivity contribution in [2.75, 3.05) is 33.9 Å². The van der Waals surface area contributed by atoms with Crippen LogP contribution in [0.2, 0.25) is 0 Å². The minimum absolute atomic E-state index is 0.0332. The molecule has 1 aliphatic rings. The zero-order chi connectivity index (χ0) is 18.7. The first-order chi connectivity index (χ1) is 11.8. The molecule has 0 saturated carbocycles. The van der Waals surface area contributed by atoms with Gasteiger partial charge in [-0.2, -0.15) is 0 Å². The molecular weight excluding hydrogens is 348 g/mol. The molecule has 1 amide bonds. The summed E-state index contributed by atoms with van der Waals surface area (Å²) in [7, 11) is -0.826. The van der Waals surface area contributed by atoms with Crippen LogP contribution < -0.4 is 4.72 Å². The number of hydrogen-bond acceptors (Lipinski definition) is 5. The second-order valence-electron chi connectivity index (χ2n) is 6.08. The van der Waals surface area contributed by atoms with E-state index in [1.165, 1.54) is 43.3 Å². The maximum absolute atomic E-state index is 12.7. The summed E-state index contributed by atoms with van der Waals surface area (Å²) in [6.45, 7) is 0.547. The predicted octanol–water partition coefficient (Wildman–Crippen LogP) is 0.548. The number of piperidine rings is 1. The summed E-state index contributed by atoms with van der Waals surface area (Å²) in [5.74, 6) is -1.31. The van der Waals surface area contributed by atoms with Gasteiger partial charge in [0.1, 0.15) is 5.41 Å². The average molecular weight is 370 g/mol. The van der Waals surface area contributed by atoms with Crippen LogP contribution >= 0.6 is 0 Å². The van der Waals surface area contributed by atoms with Crippen LogP contribution in [-0.4, -0.2) is 64.2 Å². The molecule has 0 aliphatic carbocycles. The van der Waals surface area contributed by atoms with E-state index in [9.17, 15) is 23.1 Å². The second-order valence-corrected chi connectivity index (χ2v) is 7.97. The Balaban J connectivity index is 2.21. The maximum Gasteiger partial charge on any atom is 0.313 e. The second kappa shape index (κ2) is 7.51. The van der Waals surface area contributed by atoms with Gasteiger partial charge in [-0.15, -0.1) is 0 Å². The van der Waals surface area contributed by atoms with Crippen LogP contribution in [0.15, 0.2) is 29.2 Å². The van der Waals surface area contributed by atoms with Crippen molar-refractivity contribution in [1.29, 1.82) is 0 Å². The van der Waals surface area contributed by atoms with Gasteiger partial charge in [-0.25, -0.2) is 13.1 Å². The van der Waals surface area contributed by atoms with Crippen molar-refractivity contribution >= 4 is 21.9 Å². The number of nitrogens with zero attached hydrogens (tertiary/aromatic N) is 1. The summed E-state index contributed by atoms with van der Waals surface area (Å²) in [6, 6.07) is 5.56. The first kappa shape index (κ1) is 19.4. The highest BCUT2D eigenvalue weighted by molar-refractivity contribution is 7.89. The number of amides is 1. The van der Waals surface area contributed by atoms with Crippen molar-refractivity contribution in [2.45, 2.75) is 17.7 Å². The summed E-state index contributed by atoms with van der Waals surface area (Å²) in [5, 5.41) is 9.55. The van der Waals surface area contributed by atoms with E-state index in [4.69, 9.17) is 4.74 Å². The molecule has 138 valence electrons. The number of likely N-dealkylation sites (tertiary alicyclic amines) is 1. The molecule has 1 aromatic carbocycles. The van der Waals surface area contributed by atoms with Crippen molar-refractivity contribution in [3.63, 3.8) is 0 Å². The molecule has 0 bridgehead atoms. The van der Waals surface area contributed by atoms with E-state index in [0.29, 0.717) is 24.9 Å². The molecule has 0 radical (unpaired) electrons. The van der Waals surface area contributed by atoms with Gasteiger partial charge in [0.15, 0.2) is 0 Å². The Hall–Kier alpha value is -1.97. The van der Waals surface area contributed by atoms with Crippen molar-refractivity contribution in [3.8, 4) is 0 Å². The standard InChI is InChI=1S/C16H22N2O6S/c1-17-25(22,23)13-6-4-12(5-7-13)14(19)18-9-3-8-16(10-18,11-24-2)15(20)21/h4-7,17H,3,8-11H2,1-2H3,(H,20,21). The van der Waals surface area contributed by atoms with Crippen LogP contribution in [0, 0.1) is 5.41 Å². The van der Waals surface area contributed by atoms with Crippen molar-refractivity contribution in [3.05, 3.63) is 29.8 Å². The number of carboxylic acids is 1. The minimum atomic E-state index is -3.57. The zero-order valence-electron chi connectivity index (χ0n) is 14.2. The molecule has 1 saturated heterocycles. The molecule has 2 rings (SSSR count). The van der Waals surface area contributed by atoms with Gasteiger partial charge in [-0.05, 0) is 44.2 Å². The number of nitrogens with one attached hydrogen (secondary N) is 1. The molecule has 8 nitrogen and oxygen atoms in total. The van der Waals surface area contributed by atoms with Gasteiger partial charge in [-0.1, -0.05) is 0 Å². The van der Waals surface area contributed by atoms with Crippen LogP contribution in [-0.2, 0) is 19.6 Å². The molecule has 25 heavy (non-hydrogen) atoms. The molecule has 9 heteroatoms. The molecule has 1 aromatic rings. The number of sulfonamides is 1. The zero-order valence-corrected chi connectivity index (χ0v) is 15.0. The Kier molecular flexibility index (Phi) is 5.81. The molecule has 1 fully saturated rings. The number of ether oxygens (including phenoxy) is 1. The minimum Gasteiger partial charge on any atom is -0.481 e. The highest BCUT2D eigenvalue weighted by Crippen LogP contribution is 2.31. The number of hydrogen-bond donors (Lipinski definition) is 2. The van der Waals surface area contributed by atoms with Crippen LogP contribution in [0.4, 0.5) is 0 Å². The molecule has 1 aliphatic heterocycles. The Labute approximate surface area is 146 Å². The third kappa shape index (κ3) is 4.00. The summed E-state index contributed by atoms with van der Waals surface area (Å²) in [6.07, 6.45) is 1.01. The molecule has 1 atom stereocenters. The fourth-order valence-electron chi connectivity index (χ4n) is 3.01. The van der Waals surface area contributed by atoms with Gasteiger partial charge >= 0.3 is 5.97 Å². The molecule has 2 N–H and O–H groups in total. The highest BCUT2D eigenvalue weighted by atomic mass is 32.2. The van der Waals surface area contributed by atoms with E-state index < -0.39 is 21.4 Å². The number of methoxy groups -OCH3 is 1. The summed E-state index contributed by atoms with van der Waals surface area (Å²) < 4.78 is 30.7. The lowest BCUT2D eigenvalue weighted by molar-refractivity contribution is -0.155. The maximum atomic E-state index is 12.7. The monoisotopic (exact) mass is 370 g/mol. The van der Waals surface area contributed by atoms with E-state index >= 15 is 0 Å². The van der Waals surface area contributed by atoms with E-state index in [-0.39, 0.29) is 24.0 Å². The van der Waals surface area contributed by atoms with E-state index in [1.54, 1.807) is 0 Å². The smallest absolute Gasteiger partial charge is 0.313 e. The molecule has 1 heterocycles. The normalized spacial score (nSPS) is 21.1. The predicted molar refractivity (Wildman–Crippen MR) is 89.8 cm³/mol. The fraction of sp³-hybridized carbons (Fsp3) is 0.500. The fourth-order valence-corrected chi connectivity index (χ4v) is 3.74. The van der Waals surface area contributed by atoms with Gasteiger partial charge in [0.2, 0.25) is 10.0 Å². The quantitative estimate of drug-likeness (QED) is 0.756. The van der Waals surface area contributed by atoms with Crippen molar-refractivity contribution < 1.29 is 27.9 Å². The lowest BCUT2D eigenvalue weighted by atomic mass is 9.80. The number of benzene rings is 1. The number of carboxylic acid groups (broad SMARTS) is 1. The molecule has 0 spiro atoms. The van der Waals surface area contributed by atoms with E-state index in [1.807, 2.05) is 0 Å². The Bertz CT molecular complexity index is 742. The van der Waals surface area contributed by atoms with Gasteiger partial charge in [0.05, 0.1) is 11.5 Å². The topological polar surface area (TPSA) is 113 Å². The van der Waals surface area contributed by atoms with Crippen LogP contribution in [0.1, 0.15) is 23.2 Å². The first-order valence-corrected chi connectivity index (χ1v) is 9.29. The number of carbonyl (C=O) groups is 2.